The van der Waals surface area contributed by atoms with Crippen LogP contribution in [0.15, 0.2) is 48.8 Å². The van der Waals surface area contributed by atoms with Crippen molar-refractivity contribution in [2.75, 3.05) is 12.1 Å². The van der Waals surface area contributed by atoms with E-state index in [1.54, 1.807) is 6.33 Å². The lowest BCUT2D eigenvalue weighted by molar-refractivity contribution is -0.116. The van der Waals surface area contributed by atoms with Crippen LogP contribution in [0.4, 0.5) is 5.82 Å². The van der Waals surface area contributed by atoms with E-state index in [-0.39, 0.29) is 18.6 Å². The Morgan fingerprint density at radius 2 is 2.04 bits per heavy atom. The van der Waals surface area contributed by atoms with Crippen molar-refractivity contribution in [3.63, 3.8) is 0 Å². The summed E-state index contributed by atoms with van der Waals surface area (Å²) in [6.07, 6.45) is 2.04. The van der Waals surface area contributed by atoms with Gasteiger partial charge >= 0.3 is 0 Å². The van der Waals surface area contributed by atoms with Gasteiger partial charge in [0.15, 0.2) is 17.3 Å². The molecular formula is C19H14ClN3O3. The third kappa shape index (κ3) is 2.42. The highest BCUT2D eigenvalue weighted by molar-refractivity contribution is 6.30. The highest BCUT2D eigenvalue weighted by Gasteiger charge is 2.32. The van der Waals surface area contributed by atoms with Gasteiger partial charge in [0.05, 0.1) is 5.69 Å². The summed E-state index contributed by atoms with van der Waals surface area (Å²) in [5.41, 5.74) is 2.80. The van der Waals surface area contributed by atoms with E-state index >= 15 is 0 Å². The molecule has 130 valence electrons. The second kappa shape index (κ2) is 5.78. The van der Waals surface area contributed by atoms with E-state index in [9.17, 15) is 4.79 Å². The Morgan fingerprint density at radius 3 is 2.92 bits per heavy atom. The van der Waals surface area contributed by atoms with Crippen molar-refractivity contribution in [1.82, 2.24) is 9.55 Å². The normalized spacial score (nSPS) is 17.7. The molecule has 2 aromatic carbocycles. The van der Waals surface area contributed by atoms with Gasteiger partial charge in [-0.1, -0.05) is 23.7 Å². The number of carbonyl (C=O) groups excluding carboxylic acids is 1. The summed E-state index contributed by atoms with van der Waals surface area (Å²) in [6, 6.07) is 13.3. The third-order valence-corrected chi connectivity index (χ3v) is 4.90. The van der Waals surface area contributed by atoms with Crippen molar-refractivity contribution in [2.24, 2.45) is 0 Å². The Morgan fingerprint density at radius 1 is 1.15 bits per heavy atom. The molecule has 1 atom stereocenters. The molecule has 1 amide bonds. The Hall–Kier alpha value is -2.99. The fourth-order valence-corrected chi connectivity index (χ4v) is 3.67. The number of aromatic nitrogens is 2. The Labute approximate surface area is 154 Å². The zero-order chi connectivity index (χ0) is 17.7. The number of carbonyl (C=O) groups is 1. The van der Waals surface area contributed by atoms with E-state index < -0.39 is 0 Å². The van der Waals surface area contributed by atoms with Gasteiger partial charge in [-0.3, -0.25) is 4.79 Å². The van der Waals surface area contributed by atoms with Crippen LogP contribution in [0.3, 0.4) is 0 Å². The summed E-state index contributed by atoms with van der Waals surface area (Å²) in [5.74, 6) is 1.79. The molecular weight excluding hydrogens is 354 g/mol. The third-order valence-electron chi connectivity index (χ3n) is 4.67. The molecule has 5 rings (SSSR count). The van der Waals surface area contributed by atoms with Crippen LogP contribution in [0.5, 0.6) is 11.5 Å². The van der Waals surface area contributed by atoms with Gasteiger partial charge in [-0.25, -0.2) is 4.98 Å². The van der Waals surface area contributed by atoms with Crippen LogP contribution in [-0.4, -0.2) is 22.3 Å². The van der Waals surface area contributed by atoms with Crippen molar-refractivity contribution in [3.8, 4) is 17.2 Å². The smallest absolute Gasteiger partial charge is 0.231 e. The van der Waals surface area contributed by atoms with Gasteiger partial charge in [0.25, 0.3) is 0 Å². The maximum absolute atomic E-state index is 12.2. The molecule has 6 nitrogen and oxygen atoms in total. The molecule has 0 fully saturated rings. The molecule has 3 aromatic rings. The molecule has 3 heterocycles. The van der Waals surface area contributed by atoms with Crippen molar-refractivity contribution in [2.45, 2.75) is 12.3 Å². The maximum Gasteiger partial charge on any atom is 0.231 e. The molecule has 2 aliphatic heterocycles. The highest BCUT2D eigenvalue weighted by Crippen LogP contribution is 2.41. The second-order valence-corrected chi connectivity index (χ2v) is 6.68. The quantitative estimate of drug-likeness (QED) is 0.749. The van der Waals surface area contributed by atoms with Gasteiger partial charge in [-0.05, 0) is 35.9 Å². The molecule has 26 heavy (non-hydrogen) atoms. The van der Waals surface area contributed by atoms with Crippen LogP contribution in [-0.2, 0) is 4.79 Å². The molecule has 0 aliphatic carbocycles. The number of halogens is 1. The Bertz CT molecular complexity index is 1030. The minimum Gasteiger partial charge on any atom is -0.454 e. The minimum atomic E-state index is -0.144. The molecule has 0 bridgehead atoms. The number of amides is 1. The van der Waals surface area contributed by atoms with Gasteiger partial charge in [0, 0.05) is 23.0 Å². The number of nitrogens with one attached hydrogen (secondary N) is 1. The van der Waals surface area contributed by atoms with Crippen molar-refractivity contribution in [3.05, 3.63) is 65.1 Å². The van der Waals surface area contributed by atoms with Gasteiger partial charge < -0.3 is 19.4 Å². The second-order valence-electron chi connectivity index (χ2n) is 6.25. The summed E-state index contributed by atoms with van der Waals surface area (Å²) in [4.78, 5) is 16.6. The van der Waals surface area contributed by atoms with Gasteiger partial charge in [0.2, 0.25) is 12.7 Å². The molecule has 0 spiro atoms. The number of rotatable bonds is 2. The summed E-state index contributed by atoms with van der Waals surface area (Å²) < 4.78 is 12.9. The lowest BCUT2D eigenvalue weighted by Crippen LogP contribution is -2.25. The van der Waals surface area contributed by atoms with E-state index in [1.807, 2.05) is 47.0 Å². The van der Waals surface area contributed by atoms with Crippen LogP contribution >= 0.6 is 11.6 Å². The zero-order valence-corrected chi connectivity index (χ0v) is 14.4. The van der Waals surface area contributed by atoms with Crippen molar-refractivity contribution in [1.29, 1.82) is 0 Å². The average molecular weight is 368 g/mol. The largest absolute Gasteiger partial charge is 0.454 e. The number of hydrogen-bond acceptors (Lipinski definition) is 4. The molecule has 7 heteroatoms. The first-order valence-electron chi connectivity index (χ1n) is 8.21. The van der Waals surface area contributed by atoms with E-state index in [4.69, 9.17) is 21.1 Å². The topological polar surface area (TPSA) is 65.4 Å². The number of benzene rings is 2. The maximum atomic E-state index is 12.2. The first kappa shape index (κ1) is 15.3. The lowest BCUT2D eigenvalue weighted by atomic mass is 9.89. The van der Waals surface area contributed by atoms with E-state index in [0.29, 0.717) is 23.0 Å². The number of nitrogens with zero attached hydrogens (tertiary/aromatic N) is 2. The highest BCUT2D eigenvalue weighted by atomic mass is 35.5. The molecule has 0 radical (unpaired) electrons. The number of anilines is 1. The van der Waals surface area contributed by atoms with E-state index in [2.05, 4.69) is 10.3 Å². The standard InChI is InChI=1S/C19H14ClN3O3/c20-12-2-1-3-13(7-12)23-9-21-19-18(23)14(8-17(24)22-19)11-4-5-15-16(6-11)26-10-25-15/h1-7,9,14H,8,10H2,(H,22,24). The summed E-state index contributed by atoms with van der Waals surface area (Å²) >= 11 is 6.15. The SMILES string of the molecule is O=C1CC(c2ccc3c(c2)OCO3)c2c(ncn2-c2cccc(Cl)c2)N1. The molecule has 0 saturated heterocycles. The Balaban J connectivity index is 1.65. The number of ether oxygens (including phenoxy) is 2. The van der Waals surface area contributed by atoms with Crippen molar-refractivity contribution >= 4 is 23.3 Å². The fraction of sp³-hybridized carbons (Fsp3) is 0.158. The summed E-state index contributed by atoms with van der Waals surface area (Å²) in [6.45, 7) is 0.218. The van der Waals surface area contributed by atoms with Gasteiger partial charge in [-0.15, -0.1) is 0 Å². The monoisotopic (exact) mass is 367 g/mol. The molecule has 1 N–H and O–H groups in total. The Kier molecular flexibility index (Phi) is 3.39. The van der Waals surface area contributed by atoms with Crippen molar-refractivity contribution < 1.29 is 14.3 Å². The van der Waals surface area contributed by atoms with Crippen LogP contribution in [0.1, 0.15) is 23.6 Å². The van der Waals surface area contributed by atoms with E-state index in [1.165, 1.54) is 0 Å². The van der Waals surface area contributed by atoms with E-state index in [0.717, 1.165) is 22.7 Å². The zero-order valence-electron chi connectivity index (χ0n) is 13.6. The predicted octanol–water partition coefficient (Wildman–Crippen LogP) is 3.73. The van der Waals surface area contributed by atoms with Crippen LogP contribution in [0.2, 0.25) is 5.02 Å². The van der Waals surface area contributed by atoms with Gasteiger partial charge in [-0.2, -0.15) is 0 Å². The lowest BCUT2D eigenvalue weighted by Gasteiger charge is -2.25. The number of imidazole rings is 1. The van der Waals surface area contributed by atoms with Gasteiger partial charge in [0.1, 0.15) is 6.33 Å². The molecule has 1 aromatic heterocycles. The predicted molar refractivity (Wildman–Crippen MR) is 96.2 cm³/mol. The average Bonchev–Trinajstić information content (AvgIpc) is 3.27. The first-order chi connectivity index (χ1) is 12.7. The molecule has 1 unspecified atom stereocenters. The fourth-order valence-electron chi connectivity index (χ4n) is 3.49. The first-order valence-corrected chi connectivity index (χ1v) is 8.59. The molecule has 0 saturated carbocycles. The number of fused-ring (bicyclic) bond motifs is 2. The summed E-state index contributed by atoms with van der Waals surface area (Å²) in [5, 5.41) is 3.50. The van der Waals surface area contributed by atoms with Crippen LogP contribution in [0, 0.1) is 0 Å². The minimum absolute atomic E-state index is 0.0588. The number of hydrogen-bond donors (Lipinski definition) is 1. The molecule has 2 aliphatic rings. The van der Waals surface area contributed by atoms with Crippen LogP contribution in [0.25, 0.3) is 5.69 Å². The van der Waals surface area contributed by atoms with Crippen LogP contribution < -0.4 is 14.8 Å². The summed E-state index contributed by atoms with van der Waals surface area (Å²) in [7, 11) is 0.